The Hall–Kier alpha value is -1.18. The van der Waals surface area contributed by atoms with Crippen LogP contribution in [0.4, 0.5) is 5.69 Å². The normalized spacial score (nSPS) is 11.0. The molecule has 2 heteroatoms. The van der Waals surface area contributed by atoms with E-state index in [2.05, 4.69) is 37.1 Å². The molecule has 0 N–H and O–H groups in total. The zero-order chi connectivity index (χ0) is 9.14. The highest BCUT2D eigenvalue weighted by Crippen LogP contribution is 2.23. The number of hydrogen-bond donors (Lipinski definition) is 0. The first kappa shape index (κ1) is 8.91. The van der Waals surface area contributed by atoms with Gasteiger partial charge < -0.3 is 0 Å². The number of hydrogen-bond acceptors (Lipinski definition) is 2. The molecule has 0 aliphatic heterocycles. The molecule has 0 unspecified atom stereocenters. The third-order valence-electron chi connectivity index (χ3n) is 2.24. The van der Waals surface area contributed by atoms with Crippen LogP contribution in [-0.4, -0.2) is 7.05 Å². The first-order valence-corrected chi connectivity index (χ1v) is 4.03. The lowest BCUT2D eigenvalue weighted by Gasteiger charge is -2.05. The lowest BCUT2D eigenvalue weighted by atomic mass is 10.0. The smallest absolute Gasteiger partial charge is 0.0884 e. The first-order chi connectivity index (χ1) is 5.66. The molecule has 0 aliphatic rings. The number of nitrogens with zero attached hydrogens (tertiary/aromatic N) is 2. The van der Waals surface area contributed by atoms with Crippen molar-refractivity contribution in [2.45, 2.75) is 20.8 Å². The minimum Gasteiger partial charge on any atom is -0.192 e. The van der Waals surface area contributed by atoms with Gasteiger partial charge >= 0.3 is 0 Å². The molecule has 0 heterocycles. The van der Waals surface area contributed by atoms with Crippen LogP contribution in [0.3, 0.4) is 0 Å². The number of aryl methyl sites for hydroxylation is 1. The average molecular weight is 162 g/mol. The molecule has 0 amide bonds. The van der Waals surface area contributed by atoms with E-state index in [0.29, 0.717) is 0 Å². The van der Waals surface area contributed by atoms with Crippen LogP contribution < -0.4 is 0 Å². The fourth-order valence-electron chi connectivity index (χ4n) is 1.16. The number of azo groups is 1. The third kappa shape index (κ3) is 1.52. The Morgan fingerprint density at radius 3 is 2.25 bits per heavy atom. The van der Waals surface area contributed by atoms with Crippen LogP contribution in [0.25, 0.3) is 0 Å². The molecule has 64 valence electrons. The lowest BCUT2D eigenvalue weighted by molar-refractivity contribution is 1.14. The summed E-state index contributed by atoms with van der Waals surface area (Å²) in [5, 5.41) is 7.80. The molecule has 0 saturated heterocycles. The minimum atomic E-state index is 0.973. The highest BCUT2D eigenvalue weighted by Gasteiger charge is 2.01. The summed E-state index contributed by atoms with van der Waals surface area (Å²) in [4.78, 5) is 0. The molecule has 0 fully saturated rings. The van der Waals surface area contributed by atoms with E-state index >= 15 is 0 Å². The molecule has 1 rings (SSSR count). The second-order valence-corrected chi connectivity index (χ2v) is 2.95. The molecule has 0 spiro atoms. The topological polar surface area (TPSA) is 24.7 Å². The second kappa shape index (κ2) is 3.48. The first-order valence-electron chi connectivity index (χ1n) is 4.03. The van der Waals surface area contributed by atoms with Gasteiger partial charge in [-0.05, 0) is 43.5 Å². The lowest BCUT2D eigenvalue weighted by Crippen LogP contribution is -1.85. The van der Waals surface area contributed by atoms with Crippen LogP contribution in [0.5, 0.6) is 0 Å². The molecule has 1 aromatic carbocycles. The van der Waals surface area contributed by atoms with Gasteiger partial charge in [0.1, 0.15) is 0 Å². The molecule has 0 aromatic heterocycles. The molecule has 0 aliphatic carbocycles. The maximum Gasteiger partial charge on any atom is 0.0884 e. The van der Waals surface area contributed by atoms with Gasteiger partial charge in [-0.3, -0.25) is 0 Å². The van der Waals surface area contributed by atoms with Gasteiger partial charge in [0.2, 0.25) is 0 Å². The Morgan fingerprint density at radius 2 is 1.67 bits per heavy atom. The summed E-state index contributed by atoms with van der Waals surface area (Å²) in [5.74, 6) is 0. The second-order valence-electron chi connectivity index (χ2n) is 2.95. The maximum absolute atomic E-state index is 4.03. The highest BCUT2D eigenvalue weighted by atomic mass is 15.1. The molecule has 0 saturated carbocycles. The maximum atomic E-state index is 4.03. The SMILES string of the molecule is CN=Nc1ccc(C)c(C)c1C. The van der Waals surface area contributed by atoms with Crippen molar-refractivity contribution in [3.63, 3.8) is 0 Å². The molecule has 0 bridgehead atoms. The van der Waals surface area contributed by atoms with E-state index < -0.39 is 0 Å². The molecule has 2 nitrogen and oxygen atoms in total. The van der Waals surface area contributed by atoms with Crippen molar-refractivity contribution in [3.8, 4) is 0 Å². The highest BCUT2D eigenvalue weighted by molar-refractivity contribution is 5.51. The van der Waals surface area contributed by atoms with Crippen molar-refractivity contribution >= 4 is 5.69 Å². The predicted molar refractivity (Wildman–Crippen MR) is 51.1 cm³/mol. The van der Waals surface area contributed by atoms with E-state index in [1.165, 1.54) is 16.7 Å². The van der Waals surface area contributed by atoms with Crippen molar-refractivity contribution in [3.05, 3.63) is 28.8 Å². The molecular weight excluding hydrogens is 148 g/mol. The summed E-state index contributed by atoms with van der Waals surface area (Å²) in [6, 6.07) is 4.08. The Morgan fingerprint density at radius 1 is 1.00 bits per heavy atom. The average Bonchev–Trinajstić information content (AvgIpc) is 2.07. The van der Waals surface area contributed by atoms with Gasteiger partial charge in [0.25, 0.3) is 0 Å². The van der Waals surface area contributed by atoms with Crippen molar-refractivity contribution in [1.82, 2.24) is 0 Å². The van der Waals surface area contributed by atoms with Gasteiger partial charge in [0.05, 0.1) is 5.69 Å². The van der Waals surface area contributed by atoms with Gasteiger partial charge in [-0.15, -0.1) is 0 Å². The monoisotopic (exact) mass is 162 g/mol. The summed E-state index contributed by atoms with van der Waals surface area (Å²) >= 11 is 0. The third-order valence-corrected chi connectivity index (χ3v) is 2.24. The fraction of sp³-hybridized carbons (Fsp3) is 0.400. The van der Waals surface area contributed by atoms with Crippen LogP contribution in [0.1, 0.15) is 16.7 Å². The van der Waals surface area contributed by atoms with E-state index in [-0.39, 0.29) is 0 Å². The van der Waals surface area contributed by atoms with E-state index in [4.69, 9.17) is 0 Å². The van der Waals surface area contributed by atoms with Crippen molar-refractivity contribution in [1.29, 1.82) is 0 Å². The van der Waals surface area contributed by atoms with E-state index in [1.54, 1.807) is 7.05 Å². The van der Waals surface area contributed by atoms with E-state index in [0.717, 1.165) is 5.69 Å². The van der Waals surface area contributed by atoms with Crippen LogP contribution in [-0.2, 0) is 0 Å². The Balaban J connectivity index is 3.26. The summed E-state index contributed by atoms with van der Waals surface area (Å²) < 4.78 is 0. The van der Waals surface area contributed by atoms with Gasteiger partial charge in [0.15, 0.2) is 0 Å². The van der Waals surface area contributed by atoms with Gasteiger partial charge in [0, 0.05) is 7.05 Å². The quantitative estimate of drug-likeness (QED) is 0.566. The fourth-order valence-corrected chi connectivity index (χ4v) is 1.16. The van der Waals surface area contributed by atoms with Crippen LogP contribution >= 0.6 is 0 Å². The largest absolute Gasteiger partial charge is 0.192 e. The van der Waals surface area contributed by atoms with Crippen LogP contribution in [0.15, 0.2) is 22.4 Å². The summed E-state index contributed by atoms with van der Waals surface area (Å²) in [6.45, 7) is 6.29. The Bertz CT molecular complexity index is 314. The zero-order valence-electron chi connectivity index (χ0n) is 8.05. The van der Waals surface area contributed by atoms with Crippen molar-refractivity contribution < 1.29 is 0 Å². The standard InChI is InChI=1S/C10H14N2/c1-7-5-6-10(12-11-4)9(3)8(7)2/h5-6H,1-4H3. The molecular formula is C10H14N2. The predicted octanol–water partition coefficient (Wildman–Crippen LogP) is 3.33. The van der Waals surface area contributed by atoms with Crippen LogP contribution in [0.2, 0.25) is 0 Å². The molecule has 12 heavy (non-hydrogen) atoms. The van der Waals surface area contributed by atoms with Crippen molar-refractivity contribution in [2.75, 3.05) is 7.05 Å². The summed E-state index contributed by atoms with van der Waals surface area (Å²) in [5.41, 5.74) is 4.81. The Kier molecular flexibility index (Phi) is 2.58. The van der Waals surface area contributed by atoms with E-state index in [9.17, 15) is 0 Å². The van der Waals surface area contributed by atoms with Gasteiger partial charge in [-0.1, -0.05) is 6.07 Å². The molecule has 1 aromatic rings. The van der Waals surface area contributed by atoms with Gasteiger partial charge in [-0.2, -0.15) is 10.2 Å². The van der Waals surface area contributed by atoms with E-state index in [1.807, 2.05) is 6.07 Å². The molecule has 0 atom stereocenters. The number of benzene rings is 1. The minimum absolute atomic E-state index is 0.973. The van der Waals surface area contributed by atoms with Gasteiger partial charge in [-0.25, -0.2) is 0 Å². The van der Waals surface area contributed by atoms with Crippen LogP contribution in [0, 0.1) is 20.8 Å². The Labute approximate surface area is 73.3 Å². The molecule has 0 radical (unpaired) electrons. The van der Waals surface area contributed by atoms with Crippen molar-refractivity contribution in [2.24, 2.45) is 10.2 Å². The number of rotatable bonds is 1. The summed E-state index contributed by atoms with van der Waals surface area (Å²) in [7, 11) is 1.69. The zero-order valence-corrected chi connectivity index (χ0v) is 8.05. The summed E-state index contributed by atoms with van der Waals surface area (Å²) in [6.07, 6.45) is 0.